The van der Waals surface area contributed by atoms with Gasteiger partial charge < -0.3 is 4.74 Å². The Morgan fingerprint density at radius 1 is 1.50 bits per heavy atom. The molecule has 16 heavy (non-hydrogen) atoms. The first-order chi connectivity index (χ1) is 7.27. The van der Waals surface area contributed by atoms with Gasteiger partial charge in [-0.2, -0.15) is 4.98 Å². The van der Waals surface area contributed by atoms with Gasteiger partial charge in [-0.25, -0.2) is 22.3 Å². The summed E-state index contributed by atoms with van der Waals surface area (Å²) in [4.78, 5) is 3.54. The van der Waals surface area contributed by atoms with Gasteiger partial charge in [-0.3, -0.25) is 0 Å². The zero-order chi connectivity index (χ0) is 12.5. The van der Waals surface area contributed by atoms with Gasteiger partial charge in [-0.15, -0.1) is 0 Å². The van der Waals surface area contributed by atoms with Gasteiger partial charge in [0, 0.05) is 11.6 Å². The maximum absolute atomic E-state index is 12.6. The van der Waals surface area contributed by atoms with Gasteiger partial charge in [0.05, 0.1) is 7.11 Å². The van der Waals surface area contributed by atoms with Crippen molar-refractivity contribution in [3.8, 4) is 5.88 Å². The van der Waals surface area contributed by atoms with E-state index in [-0.39, 0.29) is 11.4 Å². The van der Waals surface area contributed by atoms with E-state index in [4.69, 9.17) is 5.14 Å². The monoisotopic (exact) mass is 252 g/mol. The fraction of sp³-hybridized carbons (Fsp3) is 0.375. The van der Waals surface area contributed by atoms with Crippen LogP contribution in [0.5, 0.6) is 5.88 Å². The fourth-order valence-corrected chi connectivity index (χ4v) is 1.95. The summed E-state index contributed by atoms with van der Waals surface area (Å²) in [6, 6.07) is 0.981. The van der Waals surface area contributed by atoms with Gasteiger partial charge >= 0.3 is 0 Å². The SMILES string of the molecule is COc1cc(C(F)F)c(C)c(S(N)(=O)=O)n1. The number of primary sulfonamides is 1. The van der Waals surface area contributed by atoms with E-state index in [0.29, 0.717) is 0 Å². The van der Waals surface area contributed by atoms with Crippen LogP contribution in [0, 0.1) is 6.92 Å². The third-order valence-corrected chi connectivity index (χ3v) is 2.89. The van der Waals surface area contributed by atoms with Crippen LogP contribution in [-0.4, -0.2) is 20.5 Å². The molecule has 0 unspecified atom stereocenters. The molecule has 0 bridgehead atoms. The zero-order valence-electron chi connectivity index (χ0n) is 8.57. The van der Waals surface area contributed by atoms with Crippen molar-refractivity contribution < 1.29 is 21.9 Å². The lowest BCUT2D eigenvalue weighted by molar-refractivity contribution is 0.149. The molecule has 0 aliphatic heterocycles. The summed E-state index contributed by atoms with van der Waals surface area (Å²) in [6.07, 6.45) is -2.82. The molecular weight excluding hydrogens is 242 g/mol. The summed E-state index contributed by atoms with van der Waals surface area (Å²) in [7, 11) is -2.95. The highest BCUT2D eigenvalue weighted by molar-refractivity contribution is 7.89. The van der Waals surface area contributed by atoms with Crippen molar-refractivity contribution in [3.63, 3.8) is 0 Å². The second-order valence-electron chi connectivity index (χ2n) is 3.03. The van der Waals surface area contributed by atoms with Crippen molar-refractivity contribution in [1.82, 2.24) is 4.98 Å². The number of alkyl halides is 2. The highest BCUT2D eigenvalue weighted by atomic mass is 32.2. The van der Waals surface area contributed by atoms with E-state index in [9.17, 15) is 17.2 Å². The van der Waals surface area contributed by atoms with Crippen molar-refractivity contribution in [2.24, 2.45) is 5.14 Å². The van der Waals surface area contributed by atoms with Crippen LogP contribution in [-0.2, 0) is 10.0 Å². The van der Waals surface area contributed by atoms with E-state index < -0.39 is 27.0 Å². The molecule has 0 saturated heterocycles. The number of aromatic nitrogens is 1. The molecule has 0 amide bonds. The van der Waals surface area contributed by atoms with Gasteiger partial charge in [-0.1, -0.05) is 0 Å². The molecule has 1 aromatic heterocycles. The van der Waals surface area contributed by atoms with Crippen LogP contribution >= 0.6 is 0 Å². The Bertz CT molecular complexity index is 502. The fourth-order valence-electron chi connectivity index (χ4n) is 1.19. The maximum Gasteiger partial charge on any atom is 0.264 e. The lowest BCUT2D eigenvalue weighted by atomic mass is 10.1. The van der Waals surface area contributed by atoms with E-state index in [1.807, 2.05) is 0 Å². The number of nitrogens with two attached hydrogens (primary N) is 1. The number of pyridine rings is 1. The molecule has 8 heteroatoms. The van der Waals surface area contributed by atoms with Crippen molar-refractivity contribution in [1.29, 1.82) is 0 Å². The molecule has 0 aliphatic rings. The van der Waals surface area contributed by atoms with E-state index in [0.717, 1.165) is 6.07 Å². The second kappa shape index (κ2) is 4.30. The minimum atomic E-state index is -4.15. The third kappa shape index (κ3) is 2.45. The van der Waals surface area contributed by atoms with Crippen LogP contribution in [0.2, 0.25) is 0 Å². The predicted octanol–water partition coefficient (Wildman–Crippen LogP) is 0.984. The Balaban J connectivity index is 3.56. The molecule has 0 aliphatic carbocycles. The first kappa shape index (κ1) is 12.8. The van der Waals surface area contributed by atoms with Crippen molar-refractivity contribution in [2.45, 2.75) is 18.4 Å². The molecule has 0 atom stereocenters. The molecule has 0 aromatic carbocycles. The molecule has 1 aromatic rings. The first-order valence-corrected chi connectivity index (χ1v) is 5.68. The number of hydrogen-bond donors (Lipinski definition) is 1. The highest BCUT2D eigenvalue weighted by Crippen LogP contribution is 2.28. The van der Waals surface area contributed by atoms with Crippen LogP contribution in [0.1, 0.15) is 17.6 Å². The van der Waals surface area contributed by atoms with Gasteiger partial charge in [0.2, 0.25) is 5.88 Å². The Morgan fingerprint density at radius 2 is 2.06 bits per heavy atom. The van der Waals surface area contributed by atoms with Crippen molar-refractivity contribution in [2.75, 3.05) is 7.11 Å². The number of rotatable bonds is 3. The molecule has 0 spiro atoms. The first-order valence-electron chi connectivity index (χ1n) is 4.14. The molecule has 90 valence electrons. The normalized spacial score (nSPS) is 11.9. The Kier molecular flexibility index (Phi) is 3.44. The molecule has 0 radical (unpaired) electrons. The largest absolute Gasteiger partial charge is 0.481 e. The van der Waals surface area contributed by atoms with Crippen LogP contribution < -0.4 is 9.88 Å². The standard InChI is InChI=1S/C8H10F2N2O3S/c1-4-5(7(9)10)3-6(15-2)12-8(4)16(11,13)14/h3,7H,1-2H3,(H2,11,13,14). The predicted molar refractivity (Wildman–Crippen MR) is 51.9 cm³/mol. The zero-order valence-corrected chi connectivity index (χ0v) is 9.38. The van der Waals surface area contributed by atoms with Crippen LogP contribution in [0.4, 0.5) is 8.78 Å². The Labute approximate surface area is 91.3 Å². The lowest BCUT2D eigenvalue weighted by Gasteiger charge is -2.10. The minimum absolute atomic E-state index is 0.168. The molecular formula is C8H10F2N2O3S. The van der Waals surface area contributed by atoms with Gasteiger partial charge in [0.15, 0.2) is 5.03 Å². The summed E-state index contributed by atoms with van der Waals surface area (Å²) in [6.45, 7) is 1.22. The van der Waals surface area contributed by atoms with Gasteiger partial charge in [0.25, 0.3) is 16.4 Å². The number of methoxy groups -OCH3 is 1. The quantitative estimate of drug-likeness (QED) is 0.869. The Morgan fingerprint density at radius 3 is 2.44 bits per heavy atom. The second-order valence-corrected chi connectivity index (χ2v) is 4.51. The van der Waals surface area contributed by atoms with E-state index >= 15 is 0 Å². The number of ether oxygens (including phenoxy) is 1. The molecule has 1 heterocycles. The molecule has 0 fully saturated rings. The smallest absolute Gasteiger partial charge is 0.264 e. The summed E-state index contributed by atoms with van der Waals surface area (Å²) in [5.74, 6) is -0.218. The maximum atomic E-state index is 12.6. The molecule has 1 rings (SSSR count). The van der Waals surface area contributed by atoms with Gasteiger partial charge in [-0.05, 0) is 12.5 Å². The van der Waals surface area contributed by atoms with Gasteiger partial charge in [0.1, 0.15) is 0 Å². The third-order valence-electron chi connectivity index (χ3n) is 1.96. The average Bonchev–Trinajstić information content (AvgIpc) is 2.15. The Hall–Kier alpha value is -1.28. The highest BCUT2D eigenvalue weighted by Gasteiger charge is 2.22. The molecule has 0 saturated carbocycles. The molecule has 2 N–H and O–H groups in total. The summed E-state index contributed by atoms with van der Waals surface area (Å²) in [5, 5.41) is 4.26. The van der Waals surface area contributed by atoms with Crippen LogP contribution in [0.25, 0.3) is 0 Å². The van der Waals surface area contributed by atoms with E-state index in [2.05, 4.69) is 9.72 Å². The number of sulfonamides is 1. The summed E-state index contributed by atoms with van der Waals surface area (Å²) >= 11 is 0. The number of hydrogen-bond acceptors (Lipinski definition) is 4. The topological polar surface area (TPSA) is 82.3 Å². The summed E-state index contributed by atoms with van der Waals surface area (Å²) < 4.78 is 52.0. The average molecular weight is 252 g/mol. The van der Waals surface area contributed by atoms with Crippen LogP contribution in [0.3, 0.4) is 0 Å². The number of halogens is 2. The lowest BCUT2D eigenvalue weighted by Crippen LogP contribution is -2.17. The number of nitrogens with zero attached hydrogens (tertiary/aromatic N) is 1. The van der Waals surface area contributed by atoms with E-state index in [1.54, 1.807) is 0 Å². The molecule has 5 nitrogen and oxygen atoms in total. The van der Waals surface area contributed by atoms with Crippen molar-refractivity contribution >= 4 is 10.0 Å². The minimum Gasteiger partial charge on any atom is -0.481 e. The van der Waals surface area contributed by atoms with Crippen LogP contribution in [0.15, 0.2) is 11.1 Å². The van der Waals surface area contributed by atoms with Crippen molar-refractivity contribution in [3.05, 3.63) is 17.2 Å². The van der Waals surface area contributed by atoms with E-state index in [1.165, 1.54) is 14.0 Å². The summed E-state index contributed by atoms with van der Waals surface area (Å²) in [5.41, 5.74) is -0.630.